The molecule has 0 saturated carbocycles. The van der Waals surface area contributed by atoms with E-state index in [2.05, 4.69) is 133 Å². The maximum absolute atomic E-state index is 7.94. The lowest BCUT2D eigenvalue weighted by Gasteiger charge is -2.18. The summed E-state index contributed by atoms with van der Waals surface area (Å²) in [4.78, 5) is 0. The molecule has 8 aromatic carbocycles. The van der Waals surface area contributed by atoms with E-state index in [1.165, 1.54) is 75.1 Å². The van der Waals surface area contributed by atoms with Gasteiger partial charge in [-0.15, -0.1) is 11.3 Å². The van der Waals surface area contributed by atoms with E-state index in [4.69, 9.17) is 1.37 Å². The summed E-state index contributed by atoms with van der Waals surface area (Å²) < 4.78 is 10.6. The van der Waals surface area contributed by atoms with Gasteiger partial charge in [0.05, 0.1) is 1.37 Å². The van der Waals surface area contributed by atoms with Crippen molar-refractivity contribution in [2.45, 2.75) is 0 Å². The van der Waals surface area contributed by atoms with Crippen molar-refractivity contribution in [3.05, 3.63) is 158 Å². The largest absolute Gasteiger partial charge is 0.135 e. The molecule has 1 heterocycles. The van der Waals surface area contributed by atoms with E-state index in [0.717, 1.165) is 10.8 Å². The summed E-state index contributed by atoms with van der Waals surface area (Å²) in [6, 6.07) is 55.2. The Bertz CT molecular complexity index is 2500. The van der Waals surface area contributed by atoms with Crippen LogP contribution in [0.3, 0.4) is 0 Å². The lowest BCUT2D eigenvalue weighted by atomic mass is 9.84. The van der Waals surface area contributed by atoms with E-state index < -0.39 is 0 Å². The Morgan fingerprint density at radius 2 is 1.00 bits per heavy atom. The lowest BCUT2D eigenvalue weighted by molar-refractivity contribution is 1.63. The minimum atomic E-state index is 0.542. The van der Waals surface area contributed by atoms with Gasteiger partial charge in [0.1, 0.15) is 0 Å². The number of benzene rings is 8. The SMILES string of the molecule is [2H]c1ccc2cc(-c3ccc(-c4c5ccccc5c(-c5cccc6sc7ccccc7c56)c5ccccc45)cc3)ccc2c1. The summed E-state index contributed by atoms with van der Waals surface area (Å²) >= 11 is 1.87. The molecule has 0 fully saturated rings. The van der Waals surface area contributed by atoms with Gasteiger partial charge in [0, 0.05) is 20.2 Å². The topological polar surface area (TPSA) is 0 Å². The molecule has 0 aliphatic rings. The molecule has 0 saturated heterocycles. The van der Waals surface area contributed by atoms with Crippen molar-refractivity contribution in [2.24, 2.45) is 0 Å². The molecular formula is C42H26S. The average molecular weight is 564 g/mol. The Balaban J connectivity index is 1.27. The van der Waals surface area contributed by atoms with Crippen LogP contribution in [-0.2, 0) is 0 Å². The van der Waals surface area contributed by atoms with Crippen molar-refractivity contribution in [1.29, 1.82) is 0 Å². The first-order valence-corrected chi connectivity index (χ1v) is 15.5. The fraction of sp³-hybridized carbons (Fsp3) is 0. The Morgan fingerprint density at radius 1 is 0.395 bits per heavy atom. The van der Waals surface area contributed by atoms with Crippen molar-refractivity contribution >= 4 is 63.8 Å². The molecule has 1 heteroatoms. The minimum absolute atomic E-state index is 0.542. The molecule has 0 spiro atoms. The van der Waals surface area contributed by atoms with Crippen LogP contribution in [0.15, 0.2) is 158 Å². The molecule has 0 bridgehead atoms. The van der Waals surface area contributed by atoms with Gasteiger partial charge in [-0.2, -0.15) is 0 Å². The second-order valence-electron chi connectivity index (χ2n) is 11.2. The van der Waals surface area contributed by atoms with Crippen LogP contribution >= 0.6 is 11.3 Å². The van der Waals surface area contributed by atoms with Gasteiger partial charge in [-0.3, -0.25) is 0 Å². The highest BCUT2D eigenvalue weighted by molar-refractivity contribution is 7.25. The van der Waals surface area contributed by atoms with Gasteiger partial charge in [-0.05, 0) is 83.9 Å². The predicted molar refractivity (Wildman–Crippen MR) is 188 cm³/mol. The Kier molecular flexibility index (Phi) is 5.24. The number of rotatable bonds is 3. The Morgan fingerprint density at radius 3 is 1.74 bits per heavy atom. The standard InChI is InChI=1S/C42H26S/c1-2-11-30-26-31(25-22-27(30)10-1)28-20-23-29(24-21-28)40-32-12-3-5-14-34(32)41(35-15-6-4-13-33(35)40)37-17-9-19-39-42(37)36-16-7-8-18-38(36)43-39/h1-26H/i1D. The summed E-state index contributed by atoms with van der Waals surface area (Å²) in [6.07, 6.45) is 0. The average Bonchev–Trinajstić information content (AvgIpc) is 3.46. The molecule has 0 aliphatic heterocycles. The van der Waals surface area contributed by atoms with Crippen molar-refractivity contribution in [3.63, 3.8) is 0 Å². The molecular weight excluding hydrogens is 537 g/mol. The van der Waals surface area contributed by atoms with Crippen molar-refractivity contribution < 1.29 is 1.37 Å². The highest BCUT2D eigenvalue weighted by atomic mass is 32.1. The summed E-state index contributed by atoms with van der Waals surface area (Å²) in [5.74, 6) is 0. The molecule has 200 valence electrons. The van der Waals surface area contributed by atoms with Crippen LogP contribution in [0.25, 0.3) is 85.9 Å². The fourth-order valence-electron chi connectivity index (χ4n) is 6.85. The molecule has 1 aromatic heterocycles. The van der Waals surface area contributed by atoms with Crippen LogP contribution in [0.1, 0.15) is 1.37 Å². The van der Waals surface area contributed by atoms with E-state index in [1.807, 2.05) is 29.5 Å². The van der Waals surface area contributed by atoms with Crippen LogP contribution in [-0.4, -0.2) is 0 Å². The number of hydrogen-bond donors (Lipinski definition) is 0. The maximum Gasteiger partial charge on any atom is 0.0623 e. The van der Waals surface area contributed by atoms with Gasteiger partial charge >= 0.3 is 0 Å². The summed E-state index contributed by atoms with van der Waals surface area (Å²) in [5.41, 5.74) is 7.46. The zero-order chi connectivity index (χ0) is 29.2. The fourth-order valence-corrected chi connectivity index (χ4v) is 7.98. The van der Waals surface area contributed by atoms with Crippen LogP contribution in [0.2, 0.25) is 0 Å². The number of hydrogen-bond acceptors (Lipinski definition) is 1. The second kappa shape index (κ2) is 9.66. The summed E-state index contributed by atoms with van der Waals surface area (Å²) in [7, 11) is 0. The monoisotopic (exact) mass is 563 g/mol. The molecule has 43 heavy (non-hydrogen) atoms. The van der Waals surface area contributed by atoms with E-state index >= 15 is 0 Å². The molecule has 0 unspecified atom stereocenters. The van der Waals surface area contributed by atoms with Crippen LogP contribution in [0, 0.1) is 0 Å². The molecule has 0 radical (unpaired) electrons. The van der Waals surface area contributed by atoms with Crippen molar-refractivity contribution in [1.82, 2.24) is 0 Å². The quantitative estimate of drug-likeness (QED) is 0.188. The highest BCUT2D eigenvalue weighted by Gasteiger charge is 2.19. The van der Waals surface area contributed by atoms with Gasteiger partial charge < -0.3 is 0 Å². The summed E-state index contributed by atoms with van der Waals surface area (Å²) in [6.45, 7) is 0. The molecule has 0 atom stereocenters. The molecule has 0 amide bonds. The van der Waals surface area contributed by atoms with Crippen LogP contribution in [0.5, 0.6) is 0 Å². The smallest absolute Gasteiger partial charge is 0.0623 e. The van der Waals surface area contributed by atoms with E-state index in [0.29, 0.717) is 6.04 Å². The first-order chi connectivity index (χ1) is 21.7. The highest BCUT2D eigenvalue weighted by Crippen LogP contribution is 2.47. The van der Waals surface area contributed by atoms with E-state index in [-0.39, 0.29) is 0 Å². The molecule has 0 nitrogen and oxygen atoms in total. The zero-order valence-electron chi connectivity index (χ0n) is 24.3. The molecule has 0 aliphatic carbocycles. The predicted octanol–water partition coefficient (Wildman–Crippen LogP) is 12.5. The zero-order valence-corrected chi connectivity index (χ0v) is 24.2. The van der Waals surface area contributed by atoms with Crippen LogP contribution in [0.4, 0.5) is 0 Å². The van der Waals surface area contributed by atoms with Gasteiger partial charge in [0.15, 0.2) is 0 Å². The first kappa shape index (κ1) is 23.3. The minimum Gasteiger partial charge on any atom is -0.135 e. The molecule has 9 aromatic rings. The van der Waals surface area contributed by atoms with Crippen molar-refractivity contribution in [2.75, 3.05) is 0 Å². The first-order valence-electron chi connectivity index (χ1n) is 15.2. The maximum atomic E-state index is 7.94. The third kappa shape index (κ3) is 3.82. The van der Waals surface area contributed by atoms with Gasteiger partial charge in [-0.1, -0.05) is 140 Å². The number of fused-ring (bicyclic) bond motifs is 6. The normalized spacial score (nSPS) is 12.0. The van der Waals surface area contributed by atoms with Crippen LogP contribution < -0.4 is 0 Å². The van der Waals surface area contributed by atoms with Gasteiger partial charge in [0.25, 0.3) is 0 Å². The Labute approximate surface area is 255 Å². The molecule has 9 rings (SSSR count). The van der Waals surface area contributed by atoms with Crippen molar-refractivity contribution in [3.8, 4) is 33.4 Å². The number of thiophene rings is 1. The third-order valence-corrected chi connectivity index (χ3v) is 9.93. The van der Waals surface area contributed by atoms with E-state index in [9.17, 15) is 0 Å². The van der Waals surface area contributed by atoms with Gasteiger partial charge in [0.2, 0.25) is 0 Å². The molecule has 0 N–H and O–H groups in total. The third-order valence-electron chi connectivity index (χ3n) is 8.80. The van der Waals surface area contributed by atoms with E-state index in [1.54, 1.807) is 0 Å². The Hall–Kier alpha value is -5.24. The van der Waals surface area contributed by atoms with Gasteiger partial charge in [-0.25, -0.2) is 0 Å². The second-order valence-corrected chi connectivity index (χ2v) is 12.3. The summed E-state index contributed by atoms with van der Waals surface area (Å²) in [5, 5.41) is 10.0. The lowest BCUT2D eigenvalue weighted by Crippen LogP contribution is -1.91.